The van der Waals surface area contributed by atoms with Gasteiger partial charge in [-0.1, -0.05) is 57.9 Å². The Kier molecular flexibility index (Phi) is 18.4. The zero-order valence-corrected chi connectivity index (χ0v) is 12.5. The number of aliphatic hydroxyl groups is 1. The molecule has 0 radical (unpaired) electrons. The fraction of sp³-hybridized carbons (Fsp3) is 0.800. The van der Waals surface area contributed by atoms with Gasteiger partial charge in [-0.25, -0.2) is 4.79 Å². The molecule has 1 unspecified atom stereocenters. The molecule has 1 atom stereocenters. The largest absolute Gasteiger partial charge is 0.478 e. The summed E-state index contributed by atoms with van der Waals surface area (Å²) in [6, 6.07) is 0. The van der Waals surface area contributed by atoms with Crippen LogP contribution in [-0.4, -0.2) is 22.4 Å². The zero-order chi connectivity index (χ0) is 14.9. The van der Waals surface area contributed by atoms with E-state index in [0.29, 0.717) is 0 Å². The summed E-state index contributed by atoms with van der Waals surface area (Å²) in [6.07, 6.45) is 13.6. The minimum atomic E-state index is -0.838. The van der Waals surface area contributed by atoms with Crippen molar-refractivity contribution >= 4 is 5.97 Å². The fourth-order valence-corrected chi connectivity index (χ4v) is 1.58. The fourth-order valence-electron chi connectivity index (χ4n) is 1.58. The Morgan fingerprint density at radius 1 is 1.11 bits per heavy atom. The molecule has 0 spiro atoms. The molecule has 0 saturated heterocycles. The third-order valence-corrected chi connectivity index (χ3v) is 2.48. The van der Waals surface area contributed by atoms with Crippen LogP contribution >= 0.6 is 0 Å². The van der Waals surface area contributed by atoms with Gasteiger partial charge in [-0.2, -0.15) is 0 Å². The van der Waals surface area contributed by atoms with E-state index in [-0.39, 0.29) is 0 Å². The maximum absolute atomic E-state index is 10.1. The SMILES string of the molecule is CC(N)O.CCCCCCCCCCC=CC(=O)O. The van der Waals surface area contributed by atoms with E-state index >= 15 is 0 Å². The monoisotopic (exact) mass is 273 g/mol. The van der Waals surface area contributed by atoms with Gasteiger partial charge in [-0.15, -0.1) is 0 Å². The second kappa shape index (κ2) is 17.1. The number of allylic oxidation sites excluding steroid dienone is 1. The normalized spacial score (nSPS) is 12.0. The van der Waals surface area contributed by atoms with E-state index < -0.39 is 12.2 Å². The minimum absolute atomic E-state index is 0.667. The molecule has 19 heavy (non-hydrogen) atoms. The lowest BCUT2D eigenvalue weighted by Crippen LogP contribution is -2.11. The molecule has 114 valence electrons. The third-order valence-electron chi connectivity index (χ3n) is 2.48. The predicted molar refractivity (Wildman–Crippen MR) is 79.9 cm³/mol. The van der Waals surface area contributed by atoms with E-state index in [4.69, 9.17) is 10.2 Å². The Balaban J connectivity index is 0. The first-order valence-corrected chi connectivity index (χ1v) is 7.33. The summed E-state index contributed by atoms with van der Waals surface area (Å²) in [5.41, 5.74) is 4.67. The van der Waals surface area contributed by atoms with Crippen molar-refractivity contribution in [2.24, 2.45) is 5.73 Å². The molecule has 0 saturated carbocycles. The van der Waals surface area contributed by atoms with Gasteiger partial charge in [0.15, 0.2) is 0 Å². The Morgan fingerprint density at radius 3 is 1.95 bits per heavy atom. The number of rotatable bonds is 10. The van der Waals surface area contributed by atoms with E-state index in [2.05, 4.69) is 12.7 Å². The highest BCUT2D eigenvalue weighted by molar-refractivity contribution is 5.79. The molecule has 0 aliphatic heterocycles. The predicted octanol–water partition coefficient (Wildman–Crippen LogP) is 3.44. The molecule has 0 aromatic rings. The first kappa shape index (κ1) is 20.4. The number of hydrogen-bond donors (Lipinski definition) is 3. The van der Waals surface area contributed by atoms with Gasteiger partial charge >= 0.3 is 5.97 Å². The molecule has 0 rings (SSSR count). The number of carboxylic acids is 1. The van der Waals surface area contributed by atoms with Crippen LogP contribution in [0.15, 0.2) is 12.2 Å². The van der Waals surface area contributed by atoms with E-state index in [0.717, 1.165) is 12.8 Å². The molecule has 0 amide bonds. The first-order valence-electron chi connectivity index (χ1n) is 7.33. The highest BCUT2D eigenvalue weighted by atomic mass is 16.4. The molecule has 0 heterocycles. The number of carbonyl (C=O) groups is 1. The van der Waals surface area contributed by atoms with Crippen LogP contribution in [0, 0.1) is 0 Å². The van der Waals surface area contributed by atoms with Crippen molar-refractivity contribution in [2.45, 2.75) is 77.9 Å². The average Bonchev–Trinajstić information content (AvgIpc) is 2.30. The number of aliphatic carboxylic acids is 1. The van der Waals surface area contributed by atoms with Gasteiger partial charge in [-0.05, 0) is 19.8 Å². The van der Waals surface area contributed by atoms with Crippen LogP contribution in [0.2, 0.25) is 0 Å². The molecule has 0 bridgehead atoms. The third kappa shape index (κ3) is 31.7. The van der Waals surface area contributed by atoms with Gasteiger partial charge in [0, 0.05) is 6.08 Å². The lowest BCUT2D eigenvalue weighted by molar-refractivity contribution is -0.131. The van der Waals surface area contributed by atoms with Crippen molar-refractivity contribution in [1.82, 2.24) is 0 Å². The summed E-state index contributed by atoms with van der Waals surface area (Å²) >= 11 is 0. The van der Waals surface area contributed by atoms with Crippen LogP contribution in [0.25, 0.3) is 0 Å². The van der Waals surface area contributed by atoms with Crippen molar-refractivity contribution < 1.29 is 15.0 Å². The summed E-state index contributed by atoms with van der Waals surface area (Å²) in [6.45, 7) is 3.73. The van der Waals surface area contributed by atoms with Gasteiger partial charge in [0.1, 0.15) is 0 Å². The Bertz CT molecular complexity index is 213. The van der Waals surface area contributed by atoms with Crippen molar-refractivity contribution in [3.05, 3.63) is 12.2 Å². The van der Waals surface area contributed by atoms with Crippen LogP contribution in [0.5, 0.6) is 0 Å². The van der Waals surface area contributed by atoms with Gasteiger partial charge in [0.05, 0.1) is 6.23 Å². The zero-order valence-electron chi connectivity index (χ0n) is 12.5. The summed E-state index contributed by atoms with van der Waals surface area (Å²) < 4.78 is 0. The Hall–Kier alpha value is -0.870. The van der Waals surface area contributed by atoms with Crippen LogP contribution in [0.3, 0.4) is 0 Å². The van der Waals surface area contributed by atoms with Crippen LogP contribution in [0.4, 0.5) is 0 Å². The van der Waals surface area contributed by atoms with Crippen molar-refractivity contribution in [3.8, 4) is 0 Å². The summed E-state index contributed by atoms with van der Waals surface area (Å²) in [5.74, 6) is -0.838. The standard InChI is InChI=1S/C13H24O2.C2H7NO/c1-2-3-4-5-6-7-8-9-10-11-12-13(14)15;1-2(3)4/h11-12H,2-10H2,1H3,(H,14,15);2,4H,3H2,1H3. The van der Waals surface area contributed by atoms with Gasteiger partial charge in [0.25, 0.3) is 0 Å². The van der Waals surface area contributed by atoms with E-state index in [9.17, 15) is 4.79 Å². The molecule has 4 N–H and O–H groups in total. The molecular weight excluding hydrogens is 242 g/mol. The minimum Gasteiger partial charge on any atom is -0.478 e. The summed E-state index contributed by atoms with van der Waals surface area (Å²) in [4.78, 5) is 10.1. The molecular formula is C15H31NO3. The lowest BCUT2D eigenvalue weighted by atomic mass is 10.1. The summed E-state index contributed by atoms with van der Waals surface area (Å²) in [7, 11) is 0. The second-order valence-corrected chi connectivity index (χ2v) is 4.74. The maximum atomic E-state index is 10.1. The van der Waals surface area contributed by atoms with Gasteiger partial charge < -0.3 is 15.9 Å². The molecule has 0 aromatic heterocycles. The van der Waals surface area contributed by atoms with Crippen molar-refractivity contribution in [2.75, 3.05) is 0 Å². The first-order chi connectivity index (χ1) is 9.00. The molecule has 4 nitrogen and oxygen atoms in total. The summed E-state index contributed by atoms with van der Waals surface area (Å²) in [5, 5.41) is 16.2. The number of aliphatic hydroxyl groups excluding tert-OH is 1. The lowest BCUT2D eigenvalue weighted by Gasteiger charge is -1.99. The molecule has 0 aliphatic rings. The number of unbranched alkanes of at least 4 members (excludes halogenated alkanes) is 8. The molecule has 0 aliphatic carbocycles. The van der Waals surface area contributed by atoms with Crippen molar-refractivity contribution in [3.63, 3.8) is 0 Å². The van der Waals surface area contributed by atoms with Crippen LogP contribution < -0.4 is 5.73 Å². The quantitative estimate of drug-likeness (QED) is 0.323. The van der Waals surface area contributed by atoms with Crippen LogP contribution in [0.1, 0.15) is 71.6 Å². The Labute approximate surface area is 117 Å². The highest BCUT2D eigenvalue weighted by Crippen LogP contribution is 2.09. The van der Waals surface area contributed by atoms with Crippen LogP contribution in [-0.2, 0) is 4.79 Å². The maximum Gasteiger partial charge on any atom is 0.327 e. The number of carboxylic acid groups (broad SMARTS) is 1. The molecule has 4 heteroatoms. The van der Waals surface area contributed by atoms with Gasteiger partial charge in [0.2, 0.25) is 0 Å². The smallest absolute Gasteiger partial charge is 0.327 e. The van der Waals surface area contributed by atoms with Crippen molar-refractivity contribution in [1.29, 1.82) is 0 Å². The van der Waals surface area contributed by atoms with E-state index in [1.807, 2.05) is 0 Å². The topological polar surface area (TPSA) is 83.5 Å². The number of hydrogen-bond acceptors (Lipinski definition) is 3. The van der Waals surface area contributed by atoms with E-state index in [1.165, 1.54) is 57.9 Å². The number of nitrogens with two attached hydrogens (primary N) is 1. The second-order valence-electron chi connectivity index (χ2n) is 4.74. The average molecular weight is 273 g/mol. The van der Waals surface area contributed by atoms with Gasteiger partial charge in [-0.3, -0.25) is 0 Å². The highest BCUT2D eigenvalue weighted by Gasteiger charge is 1.90. The molecule has 0 fully saturated rings. The Morgan fingerprint density at radius 2 is 1.53 bits per heavy atom. The molecule has 0 aromatic carbocycles. The van der Waals surface area contributed by atoms with E-state index in [1.54, 1.807) is 6.08 Å².